The summed E-state index contributed by atoms with van der Waals surface area (Å²) in [5, 5.41) is 0. The Kier molecular flexibility index (Phi) is 8.11. The lowest BCUT2D eigenvalue weighted by Gasteiger charge is -2.24. The molecule has 0 N–H and O–H groups in total. The number of fused-ring (bicyclic) bond motifs is 1. The molecule has 1 aliphatic rings. The van der Waals surface area contributed by atoms with E-state index in [9.17, 15) is 14.4 Å². The molecule has 2 heterocycles. The summed E-state index contributed by atoms with van der Waals surface area (Å²) in [7, 11) is 1.57. The summed E-state index contributed by atoms with van der Waals surface area (Å²) in [6.45, 7) is 7.18. The molecule has 0 saturated carbocycles. The molecule has 0 radical (unpaired) electrons. The molecular weight excluding hydrogens is 508 g/mol. The molecule has 2 aromatic carbocycles. The van der Waals surface area contributed by atoms with Crippen molar-refractivity contribution in [1.29, 1.82) is 0 Å². The molecule has 4 rings (SSSR count). The van der Waals surface area contributed by atoms with Gasteiger partial charge in [-0.3, -0.25) is 14.2 Å². The highest BCUT2D eigenvalue weighted by Gasteiger charge is 2.33. The van der Waals surface area contributed by atoms with Crippen LogP contribution in [0.3, 0.4) is 0 Å². The molecule has 198 valence electrons. The number of esters is 2. The maximum atomic E-state index is 13.8. The second-order valence-corrected chi connectivity index (χ2v) is 9.32. The number of carbonyl (C=O) groups is 2. The number of allylic oxidation sites excluding steroid dienone is 1. The number of rotatable bonds is 8. The zero-order valence-electron chi connectivity index (χ0n) is 21.8. The van der Waals surface area contributed by atoms with Crippen molar-refractivity contribution >= 4 is 29.4 Å². The monoisotopic (exact) mass is 536 g/mol. The van der Waals surface area contributed by atoms with Crippen molar-refractivity contribution in [3.63, 3.8) is 0 Å². The summed E-state index contributed by atoms with van der Waals surface area (Å²) in [5.41, 5.74) is 1.89. The molecule has 1 atom stereocenters. The molecule has 38 heavy (non-hydrogen) atoms. The summed E-state index contributed by atoms with van der Waals surface area (Å²) in [6.07, 6.45) is 1.72. The summed E-state index contributed by atoms with van der Waals surface area (Å²) < 4.78 is 23.4. The summed E-state index contributed by atoms with van der Waals surface area (Å²) in [6, 6.07) is 11.5. The zero-order valence-corrected chi connectivity index (χ0v) is 22.6. The summed E-state index contributed by atoms with van der Waals surface area (Å²) >= 11 is 1.22. The first kappa shape index (κ1) is 26.9. The highest BCUT2D eigenvalue weighted by atomic mass is 32.1. The second-order valence-electron chi connectivity index (χ2n) is 8.31. The Bertz CT molecular complexity index is 1580. The summed E-state index contributed by atoms with van der Waals surface area (Å²) in [4.78, 5) is 43.3. The Labute approximate surface area is 223 Å². The fraction of sp³-hybridized carbons (Fsp3) is 0.286. The lowest BCUT2D eigenvalue weighted by Crippen LogP contribution is -2.39. The van der Waals surface area contributed by atoms with Crippen LogP contribution in [0.5, 0.6) is 17.2 Å². The molecule has 10 heteroatoms. The fourth-order valence-electron chi connectivity index (χ4n) is 4.17. The van der Waals surface area contributed by atoms with Gasteiger partial charge in [-0.25, -0.2) is 9.79 Å². The van der Waals surface area contributed by atoms with E-state index in [0.29, 0.717) is 50.0 Å². The first-order valence-electron chi connectivity index (χ1n) is 12.1. The number of carbonyl (C=O) groups excluding carboxylic acids is 2. The molecule has 1 aromatic heterocycles. The maximum Gasteiger partial charge on any atom is 0.338 e. The average molecular weight is 537 g/mol. The van der Waals surface area contributed by atoms with Gasteiger partial charge in [0.05, 0.1) is 42.2 Å². The van der Waals surface area contributed by atoms with Gasteiger partial charge in [0.15, 0.2) is 16.3 Å². The minimum Gasteiger partial charge on any atom is -0.497 e. The highest BCUT2D eigenvalue weighted by molar-refractivity contribution is 7.07. The first-order valence-corrected chi connectivity index (χ1v) is 12.9. The fourth-order valence-corrected chi connectivity index (χ4v) is 5.21. The van der Waals surface area contributed by atoms with Crippen molar-refractivity contribution in [2.75, 3.05) is 20.3 Å². The van der Waals surface area contributed by atoms with Gasteiger partial charge in [-0.1, -0.05) is 29.5 Å². The number of hydrogen-bond donors (Lipinski definition) is 0. The normalized spacial score (nSPS) is 15.0. The number of nitrogens with zero attached hydrogens (tertiary/aromatic N) is 2. The molecular formula is C28H28N2O7S. The van der Waals surface area contributed by atoms with E-state index in [1.54, 1.807) is 57.4 Å². The summed E-state index contributed by atoms with van der Waals surface area (Å²) in [5.74, 6) is 0.361. The van der Waals surface area contributed by atoms with Crippen LogP contribution in [-0.4, -0.2) is 36.8 Å². The standard InChI is InChI=1S/C28H28N2O7S/c1-6-35-22-14-18(8-13-21(22)37-17(4)31)15-23-26(32)30-25(19-9-11-20(34-5)12-10-19)24(27(33)36-7-2)16(3)29-28(30)38-23/h8-15,25H,6-7H2,1-5H3/b23-15+/t25-/m1/s1. The van der Waals surface area contributed by atoms with Crippen LogP contribution >= 0.6 is 11.3 Å². The van der Waals surface area contributed by atoms with Gasteiger partial charge in [0.2, 0.25) is 0 Å². The number of benzene rings is 2. The van der Waals surface area contributed by atoms with Crippen molar-refractivity contribution in [2.45, 2.75) is 33.7 Å². The van der Waals surface area contributed by atoms with Gasteiger partial charge in [-0.2, -0.15) is 0 Å². The van der Waals surface area contributed by atoms with Gasteiger partial charge in [0, 0.05) is 6.92 Å². The Morgan fingerprint density at radius 2 is 1.82 bits per heavy atom. The van der Waals surface area contributed by atoms with Gasteiger partial charge in [0.1, 0.15) is 5.75 Å². The van der Waals surface area contributed by atoms with Crippen molar-refractivity contribution in [3.05, 3.63) is 84.5 Å². The predicted octanol–water partition coefficient (Wildman–Crippen LogP) is 3.13. The number of thiazole rings is 1. The van der Waals surface area contributed by atoms with E-state index < -0.39 is 18.0 Å². The van der Waals surface area contributed by atoms with Crippen molar-refractivity contribution in [1.82, 2.24) is 4.57 Å². The molecule has 1 aliphatic heterocycles. The maximum absolute atomic E-state index is 13.8. The number of methoxy groups -OCH3 is 1. The first-order chi connectivity index (χ1) is 18.3. The smallest absolute Gasteiger partial charge is 0.338 e. The van der Waals surface area contributed by atoms with Crippen LogP contribution in [0.15, 0.2) is 63.5 Å². The third kappa shape index (κ3) is 5.40. The lowest BCUT2D eigenvalue weighted by atomic mass is 9.96. The minimum absolute atomic E-state index is 0.195. The van der Waals surface area contributed by atoms with Crippen LogP contribution in [0.4, 0.5) is 0 Å². The van der Waals surface area contributed by atoms with E-state index in [4.69, 9.17) is 18.9 Å². The van der Waals surface area contributed by atoms with Crippen molar-refractivity contribution < 1.29 is 28.5 Å². The Balaban J connectivity index is 1.88. The predicted molar refractivity (Wildman–Crippen MR) is 142 cm³/mol. The van der Waals surface area contributed by atoms with E-state index in [2.05, 4.69) is 4.99 Å². The van der Waals surface area contributed by atoms with E-state index in [1.807, 2.05) is 19.1 Å². The van der Waals surface area contributed by atoms with Gasteiger partial charge in [0.25, 0.3) is 5.56 Å². The molecule has 0 amide bonds. The quantitative estimate of drug-likeness (QED) is 0.322. The molecule has 0 fully saturated rings. The van der Waals surface area contributed by atoms with Crippen LogP contribution in [0.1, 0.15) is 44.9 Å². The largest absolute Gasteiger partial charge is 0.497 e. The van der Waals surface area contributed by atoms with Crippen LogP contribution in [0.25, 0.3) is 6.08 Å². The zero-order chi connectivity index (χ0) is 27.4. The van der Waals surface area contributed by atoms with Crippen LogP contribution < -0.4 is 29.1 Å². The molecule has 3 aromatic rings. The van der Waals surface area contributed by atoms with Gasteiger partial charge in [-0.05, 0) is 62.2 Å². The third-order valence-electron chi connectivity index (χ3n) is 5.77. The van der Waals surface area contributed by atoms with Crippen molar-refractivity contribution in [2.24, 2.45) is 4.99 Å². The molecule has 0 unspecified atom stereocenters. The van der Waals surface area contributed by atoms with E-state index in [0.717, 1.165) is 5.56 Å². The lowest BCUT2D eigenvalue weighted by molar-refractivity contribution is -0.139. The Morgan fingerprint density at radius 3 is 2.45 bits per heavy atom. The van der Waals surface area contributed by atoms with Crippen LogP contribution in [0, 0.1) is 0 Å². The third-order valence-corrected chi connectivity index (χ3v) is 6.75. The topological polar surface area (TPSA) is 105 Å². The molecule has 0 spiro atoms. The average Bonchev–Trinajstić information content (AvgIpc) is 3.19. The number of ether oxygens (including phenoxy) is 4. The number of hydrogen-bond acceptors (Lipinski definition) is 9. The van der Waals surface area contributed by atoms with Crippen LogP contribution in [-0.2, 0) is 14.3 Å². The molecule has 9 nitrogen and oxygen atoms in total. The second kappa shape index (κ2) is 11.5. The highest BCUT2D eigenvalue weighted by Crippen LogP contribution is 2.32. The molecule has 0 aliphatic carbocycles. The molecule has 0 bridgehead atoms. The minimum atomic E-state index is -0.719. The van der Waals surface area contributed by atoms with Crippen LogP contribution in [0.2, 0.25) is 0 Å². The van der Waals surface area contributed by atoms with Gasteiger partial charge < -0.3 is 18.9 Å². The van der Waals surface area contributed by atoms with E-state index >= 15 is 0 Å². The molecule has 0 saturated heterocycles. The van der Waals surface area contributed by atoms with Gasteiger partial charge in [-0.15, -0.1) is 0 Å². The Hall–Kier alpha value is -4.18. The van der Waals surface area contributed by atoms with E-state index in [1.165, 1.54) is 22.8 Å². The van der Waals surface area contributed by atoms with E-state index in [-0.39, 0.29) is 12.2 Å². The van der Waals surface area contributed by atoms with Crippen molar-refractivity contribution in [3.8, 4) is 17.2 Å². The SMILES string of the molecule is CCOC(=O)C1=C(C)N=c2s/c(=C/c3ccc(OC(C)=O)c(OCC)c3)c(=O)n2[C@@H]1c1ccc(OC)cc1. The Morgan fingerprint density at radius 1 is 1.08 bits per heavy atom. The van der Waals surface area contributed by atoms with Gasteiger partial charge >= 0.3 is 11.9 Å². The number of aromatic nitrogens is 1.